The van der Waals surface area contributed by atoms with E-state index in [1.165, 1.54) is 0 Å². The summed E-state index contributed by atoms with van der Waals surface area (Å²) in [6.07, 6.45) is 0. The van der Waals surface area contributed by atoms with Crippen molar-refractivity contribution in [2.75, 3.05) is 0 Å². The molecule has 0 aliphatic carbocycles. The van der Waals surface area contributed by atoms with Crippen LogP contribution in [0.5, 0.6) is 0 Å². The smallest absolute Gasteiger partial charge is 0.328 e. The maximum Gasteiger partial charge on any atom is 0.328 e. The molecule has 110 valence electrons. The van der Waals surface area contributed by atoms with Crippen LogP contribution in [0.15, 0.2) is 24.3 Å². The van der Waals surface area contributed by atoms with E-state index in [0.717, 1.165) is 11.1 Å². The van der Waals surface area contributed by atoms with Crippen molar-refractivity contribution in [3.05, 3.63) is 35.4 Å². The predicted octanol–water partition coefficient (Wildman–Crippen LogP) is 1.81. The molecule has 0 saturated carbocycles. The third-order valence-electron chi connectivity index (χ3n) is 2.24. The summed E-state index contributed by atoms with van der Waals surface area (Å²) in [6.45, 7) is 5.92. The van der Waals surface area contributed by atoms with Crippen LogP contribution in [0, 0.1) is 0 Å². The lowest BCUT2D eigenvalue weighted by atomic mass is 10.1. The quantitative estimate of drug-likeness (QED) is 0.615. The second-order valence-electron chi connectivity index (χ2n) is 4.96. The fourth-order valence-corrected chi connectivity index (χ4v) is 1.36. The van der Waals surface area contributed by atoms with Crippen molar-refractivity contribution in [1.29, 1.82) is 0 Å². The number of esters is 1. The van der Waals surface area contributed by atoms with Gasteiger partial charge in [0, 0.05) is 6.54 Å². The van der Waals surface area contributed by atoms with Gasteiger partial charge >= 0.3 is 5.97 Å². The first-order chi connectivity index (χ1) is 7.83. The first-order valence-corrected chi connectivity index (χ1v) is 5.61. The van der Waals surface area contributed by atoms with E-state index in [4.69, 9.17) is 16.2 Å². The Kier molecular flexibility index (Phi) is 8.21. The van der Waals surface area contributed by atoms with E-state index in [1.807, 2.05) is 32.9 Å². The maximum atomic E-state index is 11.7. The van der Waals surface area contributed by atoms with Crippen LogP contribution in [0.1, 0.15) is 37.9 Å². The Morgan fingerprint density at radius 2 is 1.68 bits per heavy atom. The lowest BCUT2D eigenvalue weighted by Gasteiger charge is -2.22. The summed E-state index contributed by atoms with van der Waals surface area (Å²) in [5, 5.41) is 0. The van der Waals surface area contributed by atoms with E-state index >= 15 is 0 Å². The summed E-state index contributed by atoms with van der Waals surface area (Å²) in [6, 6.07) is 6.58. The number of hydrogen-bond donors (Lipinski definition) is 4. The zero-order valence-corrected chi connectivity index (χ0v) is 12.0. The fraction of sp³-hybridized carbons (Fsp3) is 0.462. The van der Waals surface area contributed by atoms with Gasteiger partial charge in [0.2, 0.25) is 0 Å². The Morgan fingerprint density at radius 1 is 1.21 bits per heavy atom. The van der Waals surface area contributed by atoms with Crippen LogP contribution in [-0.2, 0) is 16.1 Å². The average Bonchev–Trinajstić information content (AvgIpc) is 2.26. The Labute approximate surface area is 114 Å². The first-order valence-electron chi connectivity index (χ1n) is 5.61. The minimum atomic E-state index is -0.749. The standard InChI is InChI=1S/C13H20N2O2.2H3N/c1-13(2,3)17-12(16)11(15)10-6-4-9(8-14)5-7-10;;/h4-7,11H,8,14-15H2,1-3H3;2*1H3. The average molecular weight is 270 g/mol. The molecule has 0 amide bonds. The van der Waals surface area contributed by atoms with Gasteiger partial charge in [-0.05, 0) is 31.9 Å². The minimum Gasteiger partial charge on any atom is -0.459 e. The summed E-state index contributed by atoms with van der Waals surface area (Å²) in [5.74, 6) is -0.419. The Bertz CT molecular complexity index is 385. The molecule has 0 spiro atoms. The third-order valence-corrected chi connectivity index (χ3v) is 2.24. The maximum absolute atomic E-state index is 11.7. The molecule has 6 heteroatoms. The second kappa shape index (κ2) is 7.85. The summed E-state index contributed by atoms with van der Waals surface area (Å²) < 4.78 is 5.22. The van der Waals surface area contributed by atoms with Gasteiger partial charge in [-0.25, -0.2) is 4.79 Å². The molecule has 0 bridgehead atoms. The molecule has 10 N–H and O–H groups in total. The van der Waals surface area contributed by atoms with Gasteiger partial charge in [0.1, 0.15) is 11.6 Å². The largest absolute Gasteiger partial charge is 0.459 e. The van der Waals surface area contributed by atoms with Crippen molar-refractivity contribution in [3.63, 3.8) is 0 Å². The molecule has 1 rings (SSSR count). The minimum absolute atomic E-state index is 0. The number of rotatable bonds is 3. The molecule has 1 aromatic carbocycles. The number of ether oxygens (including phenoxy) is 1. The highest BCUT2D eigenvalue weighted by molar-refractivity contribution is 5.77. The fourth-order valence-electron chi connectivity index (χ4n) is 1.36. The molecule has 0 aliphatic rings. The van der Waals surface area contributed by atoms with Crippen LogP contribution in [0.3, 0.4) is 0 Å². The van der Waals surface area contributed by atoms with Crippen molar-refractivity contribution in [2.24, 2.45) is 11.5 Å². The summed E-state index contributed by atoms with van der Waals surface area (Å²) in [4.78, 5) is 11.7. The molecule has 1 unspecified atom stereocenters. The molecule has 0 fully saturated rings. The molecular formula is C13H26N4O2. The molecular weight excluding hydrogens is 244 g/mol. The molecule has 0 aliphatic heterocycles. The van der Waals surface area contributed by atoms with Crippen molar-refractivity contribution in [1.82, 2.24) is 12.3 Å². The van der Waals surface area contributed by atoms with E-state index < -0.39 is 17.6 Å². The lowest BCUT2D eigenvalue weighted by Crippen LogP contribution is -2.31. The highest BCUT2D eigenvalue weighted by Gasteiger charge is 2.23. The van der Waals surface area contributed by atoms with Gasteiger partial charge in [-0.15, -0.1) is 0 Å². The monoisotopic (exact) mass is 270 g/mol. The number of carbonyl (C=O) groups is 1. The van der Waals surface area contributed by atoms with Gasteiger partial charge in [0.15, 0.2) is 0 Å². The van der Waals surface area contributed by atoms with Crippen molar-refractivity contribution in [3.8, 4) is 0 Å². The summed E-state index contributed by atoms with van der Waals surface area (Å²) >= 11 is 0. The molecule has 6 nitrogen and oxygen atoms in total. The Morgan fingerprint density at radius 3 is 2.05 bits per heavy atom. The number of carbonyl (C=O) groups excluding carboxylic acids is 1. The van der Waals surface area contributed by atoms with E-state index in [9.17, 15) is 4.79 Å². The molecule has 19 heavy (non-hydrogen) atoms. The number of benzene rings is 1. The van der Waals surface area contributed by atoms with Crippen LogP contribution >= 0.6 is 0 Å². The van der Waals surface area contributed by atoms with Crippen molar-refractivity contribution in [2.45, 2.75) is 39.0 Å². The van der Waals surface area contributed by atoms with Crippen LogP contribution in [-0.4, -0.2) is 11.6 Å². The van der Waals surface area contributed by atoms with E-state index in [1.54, 1.807) is 12.1 Å². The van der Waals surface area contributed by atoms with Gasteiger partial charge in [0.25, 0.3) is 0 Å². The van der Waals surface area contributed by atoms with Crippen LogP contribution in [0.2, 0.25) is 0 Å². The van der Waals surface area contributed by atoms with Crippen LogP contribution < -0.4 is 23.8 Å². The van der Waals surface area contributed by atoms with E-state index in [0.29, 0.717) is 6.54 Å². The first kappa shape index (κ1) is 19.9. The van der Waals surface area contributed by atoms with Crippen molar-refractivity contribution >= 4 is 5.97 Å². The van der Waals surface area contributed by atoms with Gasteiger partial charge in [-0.2, -0.15) is 0 Å². The zero-order valence-electron chi connectivity index (χ0n) is 12.0. The molecule has 0 heterocycles. The highest BCUT2D eigenvalue weighted by atomic mass is 16.6. The molecule has 0 radical (unpaired) electrons. The van der Waals surface area contributed by atoms with Crippen molar-refractivity contribution < 1.29 is 9.53 Å². The third kappa shape index (κ3) is 6.30. The van der Waals surface area contributed by atoms with Crippen LogP contribution in [0.4, 0.5) is 0 Å². The lowest BCUT2D eigenvalue weighted by molar-refractivity contribution is -0.156. The normalized spacial score (nSPS) is 11.8. The zero-order chi connectivity index (χ0) is 13.1. The highest BCUT2D eigenvalue weighted by Crippen LogP contribution is 2.17. The molecule has 0 aromatic heterocycles. The second-order valence-corrected chi connectivity index (χ2v) is 4.96. The Balaban J connectivity index is 0. The van der Waals surface area contributed by atoms with Gasteiger partial charge in [-0.3, -0.25) is 0 Å². The van der Waals surface area contributed by atoms with Gasteiger partial charge in [-0.1, -0.05) is 24.3 Å². The van der Waals surface area contributed by atoms with E-state index in [2.05, 4.69) is 0 Å². The van der Waals surface area contributed by atoms with E-state index in [-0.39, 0.29) is 12.3 Å². The Hall–Kier alpha value is -1.47. The van der Waals surface area contributed by atoms with Gasteiger partial charge in [0.05, 0.1) is 0 Å². The summed E-state index contributed by atoms with van der Waals surface area (Å²) in [7, 11) is 0. The summed E-state index contributed by atoms with van der Waals surface area (Å²) in [5.41, 5.74) is 12.5. The number of hydrogen-bond acceptors (Lipinski definition) is 6. The van der Waals surface area contributed by atoms with Gasteiger partial charge < -0.3 is 28.5 Å². The topological polar surface area (TPSA) is 148 Å². The SMILES string of the molecule is CC(C)(C)OC(=O)C(N)c1ccc(CN)cc1.N.N. The predicted molar refractivity (Wildman–Crippen MR) is 77.2 cm³/mol. The number of nitrogens with two attached hydrogens (primary N) is 2. The molecule has 1 atom stereocenters. The molecule has 1 aromatic rings. The van der Waals surface area contributed by atoms with Crippen LogP contribution in [0.25, 0.3) is 0 Å². The molecule has 0 saturated heterocycles.